The van der Waals surface area contributed by atoms with Crippen LogP contribution in [0.2, 0.25) is 10.4 Å². The first-order valence-electron chi connectivity index (χ1n) is 9.56. The van der Waals surface area contributed by atoms with E-state index in [1.165, 1.54) is 15.9 Å². The standard InChI is InChI=1S/C18H22B7FN2OS/c1-8-9(2)30-12(27-11(29)10-13(3,4)14(10,5)6)28(8)18(24,25)17(22,23)16(20,21)15(7,19)26/h10H,1-7H3. The van der Waals surface area contributed by atoms with Gasteiger partial charge in [-0.15, -0.1) is 11.3 Å². The lowest BCUT2D eigenvalue weighted by Crippen LogP contribution is -2.61. The van der Waals surface area contributed by atoms with Crippen molar-refractivity contribution in [3.63, 3.8) is 0 Å². The number of amides is 1. The van der Waals surface area contributed by atoms with Gasteiger partial charge in [0.1, 0.15) is 7.85 Å². The van der Waals surface area contributed by atoms with E-state index in [0.29, 0.717) is 5.69 Å². The predicted molar refractivity (Wildman–Crippen MR) is 127 cm³/mol. The van der Waals surface area contributed by atoms with Gasteiger partial charge in [-0.1, -0.05) is 38.1 Å². The van der Waals surface area contributed by atoms with Crippen LogP contribution in [-0.2, 0) is 10.1 Å². The number of hydrogen-bond acceptors (Lipinski definition) is 2. The highest BCUT2D eigenvalue weighted by Gasteiger charge is 2.68. The molecule has 3 nitrogen and oxygen atoms in total. The van der Waals surface area contributed by atoms with Gasteiger partial charge in [-0.05, 0) is 36.9 Å². The van der Waals surface area contributed by atoms with Crippen molar-refractivity contribution in [1.29, 1.82) is 0 Å². The van der Waals surface area contributed by atoms with Crippen LogP contribution in [0.25, 0.3) is 0 Å². The lowest BCUT2D eigenvalue weighted by molar-refractivity contribution is -0.120. The number of carbonyl (C=O) groups is 1. The Kier molecular flexibility index (Phi) is 6.00. The molecular weight excluding hydrogens is 387 g/mol. The minimum absolute atomic E-state index is 0.159. The number of rotatable bonds is 5. The van der Waals surface area contributed by atoms with Gasteiger partial charge in [0.05, 0.1) is 58.6 Å². The van der Waals surface area contributed by atoms with Crippen molar-refractivity contribution in [2.45, 2.75) is 69.8 Å². The second kappa shape index (κ2) is 6.99. The Morgan fingerprint density at radius 3 is 1.80 bits per heavy atom. The van der Waals surface area contributed by atoms with E-state index in [9.17, 15) is 9.18 Å². The predicted octanol–water partition coefficient (Wildman–Crippen LogP) is 0.984. The minimum Gasteiger partial charge on any atom is -0.333 e. The van der Waals surface area contributed by atoms with E-state index in [4.69, 9.17) is 54.9 Å². The summed E-state index contributed by atoms with van der Waals surface area (Å²) in [6.07, 6.45) is 0. The molecule has 1 aliphatic carbocycles. The Labute approximate surface area is 192 Å². The van der Waals surface area contributed by atoms with Crippen molar-refractivity contribution in [1.82, 2.24) is 4.57 Å². The molecule has 0 aliphatic heterocycles. The number of hydrogen-bond donors (Lipinski definition) is 0. The smallest absolute Gasteiger partial charge is 0.252 e. The number of aryl methyl sites for hydroxylation is 1. The molecule has 2 rings (SSSR count). The van der Waals surface area contributed by atoms with Crippen molar-refractivity contribution in [3.8, 4) is 0 Å². The molecule has 1 unspecified atom stereocenters. The summed E-state index contributed by atoms with van der Waals surface area (Å²) in [4.78, 5) is 18.2. The van der Waals surface area contributed by atoms with E-state index < -0.39 is 21.3 Å². The van der Waals surface area contributed by atoms with E-state index in [0.717, 1.165) is 11.8 Å². The van der Waals surface area contributed by atoms with Crippen LogP contribution in [0.1, 0.15) is 45.2 Å². The third-order valence-corrected chi connectivity index (χ3v) is 8.34. The van der Waals surface area contributed by atoms with Crippen molar-refractivity contribution in [3.05, 3.63) is 15.4 Å². The maximum absolute atomic E-state index is 14.6. The lowest BCUT2D eigenvalue weighted by atomic mass is 9.16. The molecule has 0 bridgehead atoms. The summed E-state index contributed by atoms with van der Waals surface area (Å²) in [6, 6.07) is 0. The van der Waals surface area contributed by atoms with E-state index in [1.807, 2.05) is 27.7 Å². The van der Waals surface area contributed by atoms with Crippen LogP contribution in [0.4, 0.5) is 4.39 Å². The number of aromatic nitrogens is 1. The minimum atomic E-state index is -2.73. The van der Waals surface area contributed by atoms with Gasteiger partial charge in [0.2, 0.25) is 0 Å². The molecular formula is C18H22B7FN2OS. The Bertz CT molecular complexity index is 927. The topological polar surface area (TPSA) is 34.4 Å². The average Bonchev–Trinajstić information content (AvgIpc) is 2.75. The van der Waals surface area contributed by atoms with Crippen molar-refractivity contribution < 1.29 is 9.18 Å². The maximum Gasteiger partial charge on any atom is 0.252 e. The molecule has 12 heteroatoms. The van der Waals surface area contributed by atoms with Gasteiger partial charge in [-0.25, -0.2) is 0 Å². The quantitative estimate of drug-likeness (QED) is 0.669. The first-order chi connectivity index (χ1) is 13.1. The zero-order valence-electron chi connectivity index (χ0n) is 18.7. The van der Waals surface area contributed by atoms with Crippen LogP contribution in [-0.4, -0.2) is 71.0 Å². The van der Waals surface area contributed by atoms with Crippen LogP contribution >= 0.6 is 11.3 Å². The molecule has 0 N–H and O–H groups in total. The summed E-state index contributed by atoms with van der Waals surface area (Å²) in [7, 11) is 42.2. The fourth-order valence-electron chi connectivity index (χ4n) is 3.96. The molecule has 0 aromatic carbocycles. The molecule has 1 atom stereocenters. The van der Waals surface area contributed by atoms with Gasteiger partial charge in [-0.2, -0.15) is 4.99 Å². The number of nitrogens with zero attached hydrogens (tertiary/aromatic N) is 2. The molecule has 1 amide bonds. The molecule has 1 aromatic rings. The fourth-order valence-corrected chi connectivity index (χ4v) is 4.99. The van der Waals surface area contributed by atoms with Gasteiger partial charge in [0, 0.05) is 10.6 Å². The summed E-state index contributed by atoms with van der Waals surface area (Å²) in [5.74, 6) is -0.607. The number of alkyl halides is 1. The van der Waals surface area contributed by atoms with Gasteiger partial charge in [0.25, 0.3) is 5.91 Å². The van der Waals surface area contributed by atoms with Crippen LogP contribution in [0, 0.1) is 30.6 Å². The van der Waals surface area contributed by atoms with E-state index in [2.05, 4.69) is 4.99 Å². The van der Waals surface area contributed by atoms with E-state index in [1.54, 1.807) is 13.8 Å². The first kappa shape index (κ1) is 25.7. The van der Waals surface area contributed by atoms with Gasteiger partial charge in [0.15, 0.2) is 4.80 Å². The van der Waals surface area contributed by atoms with Crippen LogP contribution < -0.4 is 4.80 Å². The Balaban J connectivity index is 2.68. The summed E-state index contributed by atoms with van der Waals surface area (Å²) >= 11 is 1.17. The Morgan fingerprint density at radius 2 is 1.43 bits per heavy atom. The normalized spacial score (nSPS) is 21.9. The van der Waals surface area contributed by atoms with Crippen molar-refractivity contribution >= 4 is 72.2 Å². The molecule has 0 spiro atoms. The van der Waals surface area contributed by atoms with Gasteiger partial charge in [-0.3, -0.25) is 9.18 Å². The van der Waals surface area contributed by atoms with Crippen LogP contribution in [0.5, 0.6) is 0 Å². The third-order valence-electron chi connectivity index (χ3n) is 7.28. The molecule has 14 radical (unpaired) electrons. The lowest BCUT2D eigenvalue weighted by Gasteiger charge is -2.60. The maximum atomic E-state index is 14.6. The second-order valence-corrected chi connectivity index (χ2v) is 11.0. The highest BCUT2D eigenvalue weighted by Crippen LogP contribution is 2.68. The third kappa shape index (κ3) is 3.38. The number of carbonyl (C=O) groups excluding carboxylic acids is 1. The van der Waals surface area contributed by atoms with Crippen molar-refractivity contribution in [2.24, 2.45) is 21.7 Å². The highest BCUT2D eigenvalue weighted by atomic mass is 32.1. The second-order valence-electron chi connectivity index (χ2n) is 9.83. The zero-order chi connectivity index (χ0) is 23.9. The van der Waals surface area contributed by atoms with Gasteiger partial charge < -0.3 is 4.57 Å². The fraction of sp³-hybridized carbons (Fsp3) is 0.778. The SMILES string of the molecule is [B]C(C)(F)C([B])([B])C([B])([B])C([B])([B])n1c(C)c(C)sc1=NC(=O)C1C(C)(C)C1(C)C. The van der Waals surface area contributed by atoms with Crippen LogP contribution in [0.15, 0.2) is 4.99 Å². The Hall–Kier alpha value is -0.515. The van der Waals surface area contributed by atoms with Gasteiger partial charge >= 0.3 is 0 Å². The zero-order valence-corrected chi connectivity index (χ0v) is 19.5. The monoisotopic (exact) mass is 410 g/mol. The molecule has 144 valence electrons. The Morgan fingerprint density at radius 1 is 1.00 bits per heavy atom. The summed E-state index contributed by atoms with van der Waals surface area (Å²) in [5.41, 5.74) is -2.63. The number of thiazole rings is 1. The molecule has 0 saturated heterocycles. The summed E-state index contributed by atoms with van der Waals surface area (Å²) < 4.78 is 15.9. The van der Waals surface area contributed by atoms with E-state index in [-0.39, 0.29) is 27.5 Å². The molecule has 1 heterocycles. The molecule has 1 aromatic heterocycles. The highest BCUT2D eigenvalue weighted by molar-refractivity contribution is 7.09. The van der Waals surface area contributed by atoms with E-state index >= 15 is 0 Å². The summed E-state index contributed by atoms with van der Waals surface area (Å²) in [5, 5.41) is -7.24. The first-order valence-corrected chi connectivity index (χ1v) is 10.4. The average molecular weight is 409 g/mol. The largest absolute Gasteiger partial charge is 0.333 e. The summed E-state index contributed by atoms with van der Waals surface area (Å²) in [6.45, 7) is 12.4. The van der Waals surface area contributed by atoms with Crippen molar-refractivity contribution in [2.75, 3.05) is 0 Å². The number of halogens is 1. The van der Waals surface area contributed by atoms with Crippen LogP contribution in [0.3, 0.4) is 0 Å². The molecule has 1 saturated carbocycles. The molecule has 1 fully saturated rings. The molecule has 30 heavy (non-hydrogen) atoms. The molecule has 1 aliphatic rings.